The van der Waals surface area contributed by atoms with Gasteiger partial charge in [-0.15, -0.1) is 17.1 Å². The average Bonchev–Trinajstić information content (AvgIpc) is 2.91. The minimum atomic E-state index is 0.215. The van der Waals surface area contributed by atoms with Crippen molar-refractivity contribution in [2.24, 2.45) is 0 Å². The molecule has 0 saturated carbocycles. The van der Waals surface area contributed by atoms with Gasteiger partial charge in [-0.05, 0) is 55.9 Å². The lowest BCUT2D eigenvalue weighted by Crippen LogP contribution is -2.23. The van der Waals surface area contributed by atoms with Crippen molar-refractivity contribution in [3.05, 3.63) is 68.3 Å². The van der Waals surface area contributed by atoms with Crippen LogP contribution in [0.1, 0.15) is 24.3 Å². The third kappa shape index (κ3) is 3.54. The van der Waals surface area contributed by atoms with Gasteiger partial charge in [0.1, 0.15) is 0 Å². The fourth-order valence-electron chi connectivity index (χ4n) is 2.82. The number of anilines is 1. The van der Waals surface area contributed by atoms with Crippen LogP contribution in [0.25, 0.3) is 12.2 Å². The van der Waals surface area contributed by atoms with Crippen LogP contribution in [-0.4, -0.2) is 16.2 Å². The molecule has 3 nitrogen and oxygen atoms in total. The van der Waals surface area contributed by atoms with E-state index in [1.54, 1.807) is 10.6 Å². The number of para-hydroxylation sites is 1. The normalized spacial score (nSPS) is 14.3. The van der Waals surface area contributed by atoms with Gasteiger partial charge in [-0.3, -0.25) is 4.57 Å². The lowest BCUT2D eigenvalue weighted by molar-refractivity contribution is 0.419. The van der Waals surface area contributed by atoms with E-state index in [4.69, 9.17) is 12.2 Å². The number of aromatic hydroxyl groups is 1. The Balaban J connectivity index is 1.87. The monoisotopic (exact) mass is 368 g/mol. The van der Waals surface area contributed by atoms with Gasteiger partial charge < -0.3 is 10.0 Å². The van der Waals surface area contributed by atoms with Crippen LogP contribution in [-0.2, 0) is 6.54 Å². The van der Waals surface area contributed by atoms with Crippen molar-refractivity contribution in [1.82, 2.24) is 4.57 Å². The Kier molecular flexibility index (Phi) is 5.39. The SMILES string of the molecule is CCN1C(=CC=C=Cc2sc(=S)n(CC)c2O)C=Cc2ccccc21. The average molecular weight is 369 g/mol. The van der Waals surface area contributed by atoms with Gasteiger partial charge in [-0.2, -0.15) is 0 Å². The summed E-state index contributed by atoms with van der Waals surface area (Å²) in [6.45, 7) is 5.66. The summed E-state index contributed by atoms with van der Waals surface area (Å²) in [5.41, 5.74) is 6.69. The maximum Gasteiger partial charge on any atom is 0.211 e. The molecule has 1 N–H and O–H groups in total. The van der Waals surface area contributed by atoms with Gasteiger partial charge in [-0.1, -0.05) is 24.3 Å². The molecule has 0 spiro atoms. The van der Waals surface area contributed by atoms with E-state index in [1.807, 2.05) is 19.1 Å². The first-order valence-corrected chi connectivity index (χ1v) is 9.48. The Morgan fingerprint density at radius 2 is 2.00 bits per heavy atom. The van der Waals surface area contributed by atoms with Crippen molar-refractivity contribution in [3.8, 4) is 5.88 Å². The van der Waals surface area contributed by atoms with Crippen LogP contribution in [0.15, 0.2) is 53.9 Å². The van der Waals surface area contributed by atoms with Crippen LogP contribution in [0.4, 0.5) is 5.69 Å². The molecule has 0 saturated heterocycles. The summed E-state index contributed by atoms with van der Waals surface area (Å²) < 4.78 is 2.39. The molecule has 2 heterocycles. The van der Waals surface area contributed by atoms with E-state index in [1.165, 1.54) is 22.6 Å². The maximum absolute atomic E-state index is 10.1. The molecule has 0 aliphatic carbocycles. The van der Waals surface area contributed by atoms with Gasteiger partial charge in [0.15, 0.2) is 3.95 Å². The zero-order valence-corrected chi connectivity index (χ0v) is 15.9. The molecule has 128 valence electrons. The number of allylic oxidation sites excluding steroid dienone is 3. The standard InChI is InChI=1S/C20H20N2OS2/c1-3-21-16(14-13-15-9-5-7-11-17(15)21)10-6-8-12-18-19(23)22(4-2)20(24)25-18/h5-7,9-14,23H,3-4H2,1-2H3. The third-order valence-electron chi connectivity index (χ3n) is 4.06. The fourth-order valence-corrected chi connectivity index (χ4v) is 4.15. The molecule has 5 heteroatoms. The Bertz CT molecular complexity index is 956. The van der Waals surface area contributed by atoms with E-state index >= 15 is 0 Å². The zero-order valence-electron chi connectivity index (χ0n) is 14.3. The number of rotatable bonds is 4. The van der Waals surface area contributed by atoms with Crippen molar-refractivity contribution in [2.45, 2.75) is 20.4 Å². The maximum atomic E-state index is 10.1. The number of likely N-dealkylation sites (N-methyl/N-ethyl adjacent to an activating group) is 1. The van der Waals surface area contributed by atoms with E-state index in [0.717, 1.165) is 17.1 Å². The third-order valence-corrected chi connectivity index (χ3v) is 5.45. The molecule has 3 rings (SSSR count). The molecule has 0 fully saturated rings. The molecular formula is C20H20N2OS2. The highest BCUT2D eigenvalue weighted by molar-refractivity contribution is 7.73. The zero-order chi connectivity index (χ0) is 17.8. The second-order valence-corrected chi connectivity index (χ2v) is 7.18. The second kappa shape index (κ2) is 7.70. The van der Waals surface area contributed by atoms with Crippen LogP contribution in [0.5, 0.6) is 5.88 Å². The molecule has 2 aromatic rings. The summed E-state index contributed by atoms with van der Waals surface area (Å²) in [6, 6.07) is 8.37. The van der Waals surface area contributed by atoms with Crippen LogP contribution in [0, 0.1) is 3.95 Å². The Labute approximate surface area is 157 Å². The molecule has 0 amide bonds. The highest BCUT2D eigenvalue weighted by atomic mass is 32.1. The topological polar surface area (TPSA) is 28.4 Å². The highest BCUT2D eigenvalue weighted by Crippen LogP contribution is 2.30. The molecule has 1 aliphatic heterocycles. The van der Waals surface area contributed by atoms with E-state index in [0.29, 0.717) is 10.5 Å². The van der Waals surface area contributed by atoms with E-state index in [9.17, 15) is 5.11 Å². The fraction of sp³-hybridized carbons (Fsp3) is 0.200. The highest BCUT2D eigenvalue weighted by Gasteiger charge is 2.14. The van der Waals surface area contributed by atoms with Gasteiger partial charge in [0.05, 0.1) is 4.88 Å². The van der Waals surface area contributed by atoms with Crippen molar-refractivity contribution >= 4 is 41.4 Å². The minimum Gasteiger partial charge on any atom is -0.493 e. The predicted molar refractivity (Wildman–Crippen MR) is 110 cm³/mol. The number of hydrogen-bond acceptors (Lipinski definition) is 4. The van der Waals surface area contributed by atoms with Crippen molar-refractivity contribution in [3.63, 3.8) is 0 Å². The summed E-state index contributed by atoms with van der Waals surface area (Å²) in [5, 5.41) is 10.1. The molecule has 1 aliphatic rings. The molecule has 0 atom stereocenters. The van der Waals surface area contributed by atoms with Gasteiger partial charge in [-0.25, -0.2) is 0 Å². The molecule has 1 aromatic carbocycles. The van der Waals surface area contributed by atoms with E-state index < -0.39 is 0 Å². The van der Waals surface area contributed by atoms with Gasteiger partial charge >= 0.3 is 0 Å². The van der Waals surface area contributed by atoms with Crippen molar-refractivity contribution in [1.29, 1.82) is 0 Å². The number of aromatic nitrogens is 1. The summed E-state index contributed by atoms with van der Waals surface area (Å²) in [7, 11) is 0. The molecule has 25 heavy (non-hydrogen) atoms. The molecule has 1 aromatic heterocycles. The first-order chi connectivity index (χ1) is 12.2. The Morgan fingerprint density at radius 3 is 2.72 bits per heavy atom. The van der Waals surface area contributed by atoms with Crippen LogP contribution in [0.3, 0.4) is 0 Å². The van der Waals surface area contributed by atoms with E-state index in [2.05, 4.69) is 54.0 Å². The van der Waals surface area contributed by atoms with Crippen LogP contribution >= 0.6 is 23.6 Å². The summed E-state index contributed by atoms with van der Waals surface area (Å²) in [4.78, 5) is 3.00. The Hall–Kier alpha value is -2.33. The number of thiazole rings is 1. The van der Waals surface area contributed by atoms with Crippen molar-refractivity contribution < 1.29 is 5.11 Å². The first kappa shape index (κ1) is 17.5. The second-order valence-electron chi connectivity index (χ2n) is 5.51. The molecule has 0 radical (unpaired) electrons. The molecule has 0 unspecified atom stereocenters. The smallest absolute Gasteiger partial charge is 0.211 e. The molecular weight excluding hydrogens is 348 g/mol. The van der Waals surface area contributed by atoms with Gasteiger partial charge in [0, 0.05) is 30.5 Å². The quantitative estimate of drug-likeness (QED) is 0.562. The van der Waals surface area contributed by atoms with E-state index in [-0.39, 0.29) is 5.88 Å². The minimum absolute atomic E-state index is 0.215. The first-order valence-electron chi connectivity index (χ1n) is 8.25. The lowest BCUT2D eigenvalue weighted by atomic mass is 10.1. The van der Waals surface area contributed by atoms with Gasteiger partial charge in [0.25, 0.3) is 0 Å². The number of hydrogen-bond donors (Lipinski definition) is 1. The van der Waals surface area contributed by atoms with Crippen LogP contribution in [0.2, 0.25) is 0 Å². The predicted octanol–water partition coefficient (Wildman–Crippen LogP) is 5.61. The van der Waals surface area contributed by atoms with Gasteiger partial charge in [0.2, 0.25) is 5.88 Å². The largest absolute Gasteiger partial charge is 0.493 e. The van der Waals surface area contributed by atoms with Crippen molar-refractivity contribution in [2.75, 3.05) is 11.4 Å². The summed E-state index contributed by atoms with van der Waals surface area (Å²) in [6.07, 6.45) is 9.91. The number of nitrogens with zero attached hydrogens (tertiary/aromatic N) is 2. The molecule has 0 bridgehead atoms. The lowest BCUT2D eigenvalue weighted by Gasteiger charge is -2.29. The van der Waals surface area contributed by atoms with Crippen LogP contribution < -0.4 is 4.90 Å². The Morgan fingerprint density at radius 1 is 1.20 bits per heavy atom. The summed E-state index contributed by atoms with van der Waals surface area (Å²) >= 11 is 6.64. The number of fused-ring (bicyclic) bond motifs is 1. The number of benzene rings is 1. The summed E-state index contributed by atoms with van der Waals surface area (Å²) in [5.74, 6) is 0.215.